The maximum atomic E-state index is 13.5. The van der Waals surface area contributed by atoms with Gasteiger partial charge in [0.05, 0.1) is 12.4 Å². The Bertz CT molecular complexity index is 1800. The lowest BCUT2D eigenvalue weighted by Gasteiger charge is -2.14. The molecule has 5 aromatic rings. The Labute approximate surface area is 260 Å². The molecule has 0 saturated carbocycles. The second-order valence-electron chi connectivity index (χ2n) is 9.90. The zero-order valence-electron chi connectivity index (χ0n) is 24.2. The fourth-order valence-corrected chi connectivity index (χ4v) is 5.33. The predicted octanol–water partition coefficient (Wildman–Crippen LogP) is 7.38. The molecule has 8 heteroatoms. The molecule has 0 bridgehead atoms. The van der Waals surface area contributed by atoms with Crippen LogP contribution in [0.15, 0.2) is 132 Å². The highest BCUT2D eigenvalue weighted by Gasteiger charge is 2.17. The highest BCUT2D eigenvalue weighted by molar-refractivity contribution is 8.00. The minimum Gasteiger partial charge on any atom is -0.497 e. The summed E-state index contributed by atoms with van der Waals surface area (Å²) in [5.74, 6) is -0.266. The van der Waals surface area contributed by atoms with E-state index in [1.165, 1.54) is 11.8 Å². The van der Waals surface area contributed by atoms with Gasteiger partial charge in [-0.1, -0.05) is 60.7 Å². The van der Waals surface area contributed by atoms with E-state index in [9.17, 15) is 14.4 Å². The van der Waals surface area contributed by atoms with Gasteiger partial charge in [-0.2, -0.15) is 0 Å². The maximum Gasteiger partial charge on any atom is 0.272 e. The predicted molar refractivity (Wildman–Crippen MR) is 178 cm³/mol. The average molecular weight is 602 g/mol. The molecule has 5 rings (SSSR count). The summed E-state index contributed by atoms with van der Waals surface area (Å²) < 4.78 is 5.16. The summed E-state index contributed by atoms with van der Waals surface area (Å²) in [6.45, 7) is 1.83. The SMILES string of the molecule is COc1ccc(NC(=O)C(C)Sc2ccc(NC(=O)/C(=C/c3cccc4ccccc34)NC(=O)c3ccccc3)cc2)cc1. The van der Waals surface area contributed by atoms with Gasteiger partial charge in [-0.25, -0.2) is 0 Å². The zero-order valence-corrected chi connectivity index (χ0v) is 25.1. The summed E-state index contributed by atoms with van der Waals surface area (Å²) in [5.41, 5.74) is 2.59. The molecule has 0 fully saturated rings. The number of nitrogens with one attached hydrogen (secondary N) is 3. The van der Waals surface area contributed by atoms with Crippen molar-refractivity contribution < 1.29 is 19.1 Å². The van der Waals surface area contributed by atoms with Gasteiger partial charge in [0, 0.05) is 21.8 Å². The third kappa shape index (κ3) is 7.73. The van der Waals surface area contributed by atoms with Crippen molar-refractivity contribution in [1.29, 1.82) is 0 Å². The summed E-state index contributed by atoms with van der Waals surface area (Å²) in [4.78, 5) is 40.2. The Morgan fingerprint density at radius 1 is 0.727 bits per heavy atom. The van der Waals surface area contributed by atoms with Gasteiger partial charge < -0.3 is 20.7 Å². The first-order chi connectivity index (χ1) is 21.4. The van der Waals surface area contributed by atoms with E-state index in [4.69, 9.17) is 4.74 Å². The number of carbonyl (C=O) groups is 3. The van der Waals surface area contributed by atoms with Crippen LogP contribution in [0.2, 0.25) is 0 Å². The topological polar surface area (TPSA) is 96.5 Å². The monoisotopic (exact) mass is 601 g/mol. The number of thioether (sulfide) groups is 1. The molecule has 3 amide bonds. The number of anilines is 2. The lowest BCUT2D eigenvalue weighted by atomic mass is 10.0. The third-order valence-corrected chi connectivity index (χ3v) is 7.92. The van der Waals surface area contributed by atoms with Crippen molar-refractivity contribution in [3.8, 4) is 5.75 Å². The third-order valence-electron chi connectivity index (χ3n) is 6.80. The second kappa shape index (κ2) is 14.2. The van der Waals surface area contributed by atoms with Crippen molar-refractivity contribution in [2.75, 3.05) is 17.7 Å². The van der Waals surface area contributed by atoms with E-state index < -0.39 is 5.91 Å². The van der Waals surface area contributed by atoms with Crippen molar-refractivity contribution in [3.63, 3.8) is 0 Å². The number of hydrogen-bond acceptors (Lipinski definition) is 5. The molecular weight excluding hydrogens is 570 g/mol. The molecule has 0 aromatic heterocycles. The molecule has 0 saturated heterocycles. The molecule has 1 atom stereocenters. The number of fused-ring (bicyclic) bond motifs is 1. The summed E-state index contributed by atoms with van der Waals surface area (Å²) >= 11 is 1.40. The summed E-state index contributed by atoms with van der Waals surface area (Å²) in [6.07, 6.45) is 1.69. The van der Waals surface area contributed by atoms with E-state index in [2.05, 4.69) is 16.0 Å². The lowest BCUT2D eigenvalue weighted by Crippen LogP contribution is -2.30. The smallest absolute Gasteiger partial charge is 0.272 e. The van der Waals surface area contributed by atoms with Gasteiger partial charge >= 0.3 is 0 Å². The van der Waals surface area contributed by atoms with Crippen LogP contribution in [0, 0.1) is 0 Å². The van der Waals surface area contributed by atoms with Crippen LogP contribution in [0.3, 0.4) is 0 Å². The second-order valence-corrected chi connectivity index (χ2v) is 11.3. The minimum atomic E-state index is -0.463. The minimum absolute atomic E-state index is 0.109. The van der Waals surface area contributed by atoms with E-state index in [1.54, 1.807) is 73.8 Å². The van der Waals surface area contributed by atoms with Gasteiger partial charge in [0.25, 0.3) is 11.8 Å². The molecule has 0 spiro atoms. The first kappa shape index (κ1) is 30.1. The van der Waals surface area contributed by atoms with Crippen LogP contribution in [-0.2, 0) is 9.59 Å². The Hall–Kier alpha value is -5.34. The van der Waals surface area contributed by atoms with Crippen LogP contribution < -0.4 is 20.7 Å². The lowest BCUT2D eigenvalue weighted by molar-refractivity contribution is -0.115. The van der Waals surface area contributed by atoms with Crippen LogP contribution in [-0.4, -0.2) is 30.1 Å². The van der Waals surface area contributed by atoms with Gasteiger partial charge in [-0.15, -0.1) is 11.8 Å². The molecule has 7 nitrogen and oxygen atoms in total. The number of benzene rings is 5. The summed E-state index contributed by atoms with van der Waals surface area (Å²) in [7, 11) is 1.59. The normalized spacial score (nSPS) is 11.8. The molecule has 5 aromatic carbocycles. The van der Waals surface area contributed by atoms with Crippen LogP contribution in [0.1, 0.15) is 22.8 Å². The average Bonchev–Trinajstić information content (AvgIpc) is 3.06. The quantitative estimate of drug-likeness (QED) is 0.115. The molecular formula is C36H31N3O4S. The molecule has 0 radical (unpaired) electrons. The summed E-state index contributed by atoms with van der Waals surface area (Å²) in [5, 5.41) is 10.2. The fraction of sp³-hybridized carbons (Fsp3) is 0.0833. The fourth-order valence-electron chi connectivity index (χ4n) is 4.47. The Morgan fingerprint density at radius 2 is 1.36 bits per heavy atom. The standard InChI is InChI=1S/C36H31N3O4S/c1-24(34(40)37-28-15-19-30(43-2)20-16-28)44-31-21-17-29(18-22-31)38-36(42)33(39-35(41)26-10-4-3-5-11-26)23-27-13-8-12-25-9-6-7-14-32(25)27/h3-24H,1-2H3,(H,37,40)(H,38,42)(H,39,41)/b33-23-. The molecule has 0 aliphatic carbocycles. The van der Waals surface area contributed by atoms with Crippen molar-refractivity contribution in [3.05, 3.63) is 138 Å². The molecule has 0 heterocycles. The number of rotatable bonds is 10. The zero-order chi connectivity index (χ0) is 30.9. The van der Waals surface area contributed by atoms with Crippen LogP contribution in [0.4, 0.5) is 11.4 Å². The molecule has 220 valence electrons. The molecule has 1 unspecified atom stereocenters. The van der Waals surface area contributed by atoms with E-state index in [0.717, 1.165) is 21.2 Å². The van der Waals surface area contributed by atoms with Crippen molar-refractivity contribution in [2.45, 2.75) is 17.1 Å². The molecule has 44 heavy (non-hydrogen) atoms. The van der Waals surface area contributed by atoms with Crippen molar-refractivity contribution in [1.82, 2.24) is 5.32 Å². The number of hydrogen-bond donors (Lipinski definition) is 3. The molecule has 3 N–H and O–H groups in total. The number of amides is 3. The first-order valence-corrected chi connectivity index (χ1v) is 14.9. The van der Waals surface area contributed by atoms with Gasteiger partial charge in [-0.3, -0.25) is 14.4 Å². The van der Waals surface area contributed by atoms with Gasteiger partial charge in [0.15, 0.2) is 0 Å². The highest BCUT2D eigenvalue weighted by atomic mass is 32.2. The Morgan fingerprint density at radius 3 is 2.09 bits per heavy atom. The van der Waals surface area contributed by atoms with Gasteiger partial charge in [0.2, 0.25) is 5.91 Å². The maximum absolute atomic E-state index is 13.5. The Balaban J connectivity index is 1.29. The van der Waals surface area contributed by atoms with E-state index in [-0.39, 0.29) is 22.8 Å². The van der Waals surface area contributed by atoms with Crippen LogP contribution in [0.5, 0.6) is 5.75 Å². The van der Waals surface area contributed by atoms with E-state index >= 15 is 0 Å². The van der Waals surface area contributed by atoms with E-state index in [0.29, 0.717) is 22.7 Å². The number of carbonyl (C=O) groups excluding carboxylic acids is 3. The van der Waals surface area contributed by atoms with Crippen molar-refractivity contribution in [2.24, 2.45) is 0 Å². The van der Waals surface area contributed by atoms with Gasteiger partial charge in [-0.05, 0) is 90.0 Å². The van der Waals surface area contributed by atoms with Gasteiger partial charge in [0.1, 0.15) is 11.4 Å². The molecule has 0 aliphatic rings. The van der Waals surface area contributed by atoms with E-state index in [1.807, 2.05) is 67.6 Å². The largest absolute Gasteiger partial charge is 0.497 e. The van der Waals surface area contributed by atoms with Crippen molar-refractivity contribution >= 4 is 57.7 Å². The number of ether oxygens (including phenoxy) is 1. The number of methoxy groups -OCH3 is 1. The van der Waals surface area contributed by atoms with Crippen LogP contribution >= 0.6 is 11.8 Å². The Kier molecular flexibility index (Phi) is 9.74. The van der Waals surface area contributed by atoms with Crippen LogP contribution in [0.25, 0.3) is 16.8 Å². The first-order valence-electron chi connectivity index (χ1n) is 14.0. The summed E-state index contributed by atoms with van der Waals surface area (Å²) in [6, 6.07) is 36.8. The highest BCUT2D eigenvalue weighted by Crippen LogP contribution is 2.27. The molecule has 0 aliphatic heterocycles.